The zero-order valence-corrected chi connectivity index (χ0v) is 37.7. The lowest BCUT2D eigenvalue weighted by Crippen LogP contribution is -2.28. The van der Waals surface area contributed by atoms with Gasteiger partial charge < -0.3 is 4.90 Å². The third kappa shape index (κ3) is 7.22. The Morgan fingerprint density at radius 1 is 0.304 bits per heavy atom. The molecule has 2 aliphatic rings. The average molecular weight is 881 g/mol. The minimum absolute atomic E-state index is 0.191. The summed E-state index contributed by atoms with van der Waals surface area (Å²) in [6.07, 6.45) is 9.06. The Labute approximate surface area is 401 Å². The van der Waals surface area contributed by atoms with Gasteiger partial charge in [0.1, 0.15) is 0 Å². The van der Waals surface area contributed by atoms with Crippen molar-refractivity contribution >= 4 is 32.9 Å². The summed E-state index contributed by atoms with van der Waals surface area (Å²) in [5.74, 6) is 2.13. The molecule has 69 heavy (non-hydrogen) atoms. The molecule has 2 atom stereocenters. The first-order chi connectivity index (χ1) is 34.2. The molecule has 324 valence electrons. The Morgan fingerprint density at radius 3 is 1.46 bits per heavy atom. The molecule has 2 unspecified atom stereocenters. The van der Waals surface area contributed by atoms with Gasteiger partial charge >= 0.3 is 0 Å². The molecule has 0 radical (unpaired) electrons. The van der Waals surface area contributed by atoms with Gasteiger partial charge in [-0.05, 0) is 84.3 Å². The zero-order valence-electron chi connectivity index (χ0n) is 37.7. The van der Waals surface area contributed by atoms with Gasteiger partial charge in [0.15, 0.2) is 17.5 Å². The molecule has 4 nitrogen and oxygen atoms in total. The van der Waals surface area contributed by atoms with Crippen molar-refractivity contribution in [2.45, 2.75) is 12.0 Å². The van der Waals surface area contributed by atoms with Crippen molar-refractivity contribution < 1.29 is 0 Å². The minimum atomic E-state index is 0.191. The van der Waals surface area contributed by atoms with Gasteiger partial charge in [-0.1, -0.05) is 237 Å². The van der Waals surface area contributed by atoms with Crippen LogP contribution in [0, 0.1) is 0 Å². The van der Waals surface area contributed by atoms with E-state index in [4.69, 9.17) is 15.0 Å². The molecule has 0 N–H and O–H groups in total. The molecular weight excluding hydrogens is 837 g/mol. The number of nitrogens with zero attached hydrogens (tertiary/aromatic N) is 4. The van der Waals surface area contributed by atoms with Gasteiger partial charge in [-0.15, -0.1) is 0 Å². The number of aromatic nitrogens is 3. The largest absolute Gasteiger partial charge is 0.333 e. The van der Waals surface area contributed by atoms with Crippen LogP contribution in [0.15, 0.2) is 255 Å². The molecule has 0 fully saturated rings. The van der Waals surface area contributed by atoms with Crippen molar-refractivity contribution in [3.8, 4) is 78.7 Å². The molecule has 10 aromatic carbocycles. The molecule has 0 saturated heterocycles. The summed E-state index contributed by atoms with van der Waals surface area (Å²) in [5, 5.41) is 4.67. The van der Waals surface area contributed by atoms with E-state index in [2.05, 4.69) is 260 Å². The molecule has 1 aliphatic carbocycles. The summed E-state index contributed by atoms with van der Waals surface area (Å²) in [4.78, 5) is 18.4. The number of benzene rings is 10. The topological polar surface area (TPSA) is 41.9 Å². The third-order valence-electron chi connectivity index (χ3n) is 13.9. The van der Waals surface area contributed by atoms with Gasteiger partial charge in [0.05, 0.1) is 11.7 Å². The predicted molar refractivity (Wildman–Crippen MR) is 286 cm³/mol. The number of rotatable bonds is 8. The highest BCUT2D eigenvalue weighted by Gasteiger charge is 2.39. The first-order valence-electron chi connectivity index (χ1n) is 23.7. The Kier molecular flexibility index (Phi) is 9.94. The lowest BCUT2D eigenvalue weighted by molar-refractivity contribution is 0.745. The van der Waals surface area contributed by atoms with Gasteiger partial charge in [0.2, 0.25) is 0 Å². The van der Waals surface area contributed by atoms with Crippen molar-refractivity contribution in [2.75, 3.05) is 4.90 Å². The molecule has 4 heteroatoms. The zero-order chi connectivity index (χ0) is 45.7. The molecule has 1 aliphatic heterocycles. The second-order valence-corrected chi connectivity index (χ2v) is 17.9. The number of allylic oxidation sites excluding steroid dienone is 2. The summed E-state index contributed by atoms with van der Waals surface area (Å²) < 4.78 is 0. The van der Waals surface area contributed by atoms with E-state index in [0.29, 0.717) is 17.5 Å². The van der Waals surface area contributed by atoms with Gasteiger partial charge in [0.25, 0.3) is 0 Å². The van der Waals surface area contributed by atoms with E-state index in [1.165, 1.54) is 55.5 Å². The maximum Gasteiger partial charge on any atom is 0.164 e. The van der Waals surface area contributed by atoms with Crippen molar-refractivity contribution in [3.63, 3.8) is 0 Å². The van der Waals surface area contributed by atoms with Crippen LogP contribution in [-0.4, -0.2) is 21.0 Å². The van der Waals surface area contributed by atoms with Crippen LogP contribution >= 0.6 is 0 Å². The van der Waals surface area contributed by atoms with Crippen LogP contribution in [0.25, 0.3) is 100 Å². The molecule has 11 aromatic rings. The Bertz CT molecular complexity index is 3760. The van der Waals surface area contributed by atoms with Crippen molar-refractivity contribution in [3.05, 3.63) is 260 Å². The quantitative estimate of drug-likeness (QED) is 0.152. The van der Waals surface area contributed by atoms with Crippen molar-refractivity contribution in [1.82, 2.24) is 15.0 Å². The first kappa shape index (κ1) is 40.3. The summed E-state index contributed by atoms with van der Waals surface area (Å²) in [6.45, 7) is 0. The van der Waals surface area contributed by atoms with E-state index in [1.54, 1.807) is 0 Å². The van der Waals surface area contributed by atoms with Gasteiger partial charge in [0, 0.05) is 33.9 Å². The summed E-state index contributed by atoms with van der Waals surface area (Å²) in [7, 11) is 0. The average Bonchev–Trinajstić information content (AvgIpc) is 3.78. The minimum Gasteiger partial charge on any atom is -0.333 e. The molecule has 0 spiro atoms. The number of anilines is 2. The molecule has 1 aromatic heterocycles. The van der Waals surface area contributed by atoms with Crippen molar-refractivity contribution in [2.24, 2.45) is 0 Å². The van der Waals surface area contributed by atoms with E-state index in [-0.39, 0.29) is 12.0 Å². The Hall–Kier alpha value is -8.99. The monoisotopic (exact) mass is 880 g/mol. The van der Waals surface area contributed by atoms with E-state index in [9.17, 15) is 0 Å². The molecule has 13 rings (SSSR count). The summed E-state index contributed by atoms with van der Waals surface area (Å²) in [6, 6.07) is 82.5. The molecular formula is C65H44N4. The highest BCUT2D eigenvalue weighted by Crippen LogP contribution is 2.53. The maximum absolute atomic E-state index is 5.32. The summed E-state index contributed by atoms with van der Waals surface area (Å²) in [5.41, 5.74) is 16.0. The van der Waals surface area contributed by atoms with Crippen LogP contribution in [0.1, 0.15) is 11.5 Å². The van der Waals surface area contributed by atoms with Gasteiger partial charge in [-0.3, -0.25) is 0 Å². The van der Waals surface area contributed by atoms with Crippen LogP contribution in [0.3, 0.4) is 0 Å². The third-order valence-corrected chi connectivity index (χ3v) is 13.9. The van der Waals surface area contributed by atoms with Crippen LogP contribution in [0.5, 0.6) is 0 Å². The lowest BCUT2D eigenvalue weighted by Gasteiger charge is -2.30. The van der Waals surface area contributed by atoms with E-state index < -0.39 is 0 Å². The van der Waals surface area contributed by atoms with Crippen LogP contribution in [-0.2, 0) is 0 Å². The highest BCUT2D eigenvalue weighted by atomic mass is 15.2. The Balaban J connectivity index is 0.930. The van der Waals surface area contributed by atoms with E-state index in [1.807, 2.05) is 0 Å². The summed E-state index contributed by atoms with van der Waals surface area (Å²) >= 11 is 0. The highest BCUT2D eigenvalue weighted by molar-refractivity contribution is 6.07. The number of hydrogen-bond donors (Lipinski definition) is 0. The number of hydrogen-bond acceptors (Lipinski definition) is 4. The second kappa shape index (κ2) is 17.0. The van der Waals surface area contributed by atoms with E-state index in [0.717, 1.165) is 44.2 Å². The first-order valence-corrected chi connectivity index (χ1v) is 23.7. The Morgan fingerprint density at radius 2 is 0.783 bits per heavy atom. The van der Waals surface area contributed by atoms with Crippen LogP contribution in [0.4, 0.5) is 11.4 Å². The standard InChI is InChI=1S/C65H44N4/c1-3-15-43(16-4-1)44-29-31-45(32-30-44)46-33-37-49(38-34-46)63-66-64(50-39-35-48(36-40-50)53-25-13-18-47-17-7-8-21-52(47)53)68-65(67-63)60-42-41-56(54-22-9-10-23-55(54)60)58-26-14-27-59-57-24-11-12-28-61(57)69(62(58)59)51-19-5-2-6-20-51/h1-42,57,61H. The van der Waals surface area contributed by atoms with Gasteiger partial charge in [-0.2, -0.15) is 0 Å². The molecule has 0 bridgehead atoms. The van der Waals surface area contributed by atoms with Crippen LogP contribution in [0.2, 0.25) is 0 Å². The fourth-order valence-corrected chi connectivity index (χ4v) is 10.5. The predicted octanol–water partition coefficient (Wildman–Crippen LogP) is 16.6. The van der Waals surface area contributed by atoms with Crippen LogP contribution < -0.4 is 4.90 Å². The molecule has 0 saturated carbocycles. The fourth-order valence-electron chi connectivity index (χ4n) is 10.5. The maximum atomic E-state index is 5.32. The number of fused-ring (bicyclic) bond motifs is 5. The normalized spacial score (nSPS) is 14.8. The second-order valence-electron chi connectivity index (χ2n) is 17.9. The lowest BCUT2D eigenvalue weighted by atomic mass is 9.89. The fraction of sp³-hybridized carbons (Fsp3) is 0.0308. The molecule has 2 heterocycles. The number of para-hydroxylation sites is 2. The molecule has 0 amide bonds. The SMILES string of the molecule is C1=CC2c3cccc(-c4ccc(-c5nc(-c6ccc(-c7ccc(-c8ccccc8)cc7)cc6)nc(-c6ccc(-c7cccc8ccccc78)cc6)n5)c5ccccc45)c3N(c3ccccc3)C2C=C1. The van der Waals surface area contributed by atoms with E-state index >= 15 is 0 Å². The smallest absolute Gasteiger partial charge is 0.164 e. The van der Waals surface area contributed by atoms with Crippen molar-refractivity contribution in [1.29, 1.82) is 0 Å². The van der Waals surface area contributed by atoms with Gasteiger partial charge in [-0.25, -0.2) is 15.0 Å².